The van der Waals surface area contributed by atoms with E-state index in [2.05, 4.69) is 38.1 Å². The maximum Gasteiger partial charge on any atom is 0.271 e. The highest BCUT2D eigenvalue weighted by molar-refractivity contribution is 7.98. The molecule has 1 aromatic heterocycles. The fourth-order valence-corrected chi connectivity index (χ4v) is 4.58. The van der Waals surface area contributed by atoms with E-state index in [1.165, 1.54) is 9.58 Å². The number of fused-ring (bicyclic) bond motifs is 3. The summed E-state index contributed by atoms with van der Waals surface area (Å²) in [7, 11) is 4.12. The number of ether oxygens (including phenoxy) is 1. The van der Waals surface area contributed by atoms with Gasteiger partial charge in [0.2, 0.25) is 0 Å². The van der Waals surface area contributed by atoms with Crippen LogP contribution in [0.25, 0.3) is 16.9 Å². The van der Waals surface area contributed by atoms with Gasteiger partial charge >= 0.3 is 0 Å². The van der Waals surface area contributed by atoms with E-state index >= 15 is 0 Å². The van der Waals surface area contributed by atoms with Gasteiger partial charge < -0.3 is 9.64 Å². The van der Waals surface area contributed by atoms with E-state index in [-0.39, 0.29) is 5.56 Å². The van der Waals surface area contributed by atoms with Gasteiger partial charge in [-0.25, -0.2) is 0 Å². The Hall–Kier alpha value is -2.57. The van der Waals surface area contributed by atoms with E-state index in [9.17, 15) is 4.79 Å². The largest absolute Gasteiger partial charge is 0.493 e. The van der Waals surface area contributed by atoms with Crippen molar-refractivity contribution in [3.8, 4) is 22.7 Å². The molecule has 150 valence electrons. The third-order valence-electron chi connectivity index (χ3n) is 4.83. The molecule has 0 fully saturated rings. The van der Waals surface area contributed by atoms with Gasteiger partial charge in [0.25, 0.3) is 5.56 Å². The van der Waals surface area contributed by atoms with Crippen LogP contribution in [0.15, 0.2) is 64.3 Å². The summed E-state index contributed by atoms with van der Waals surface area (Å²) < 4.78 is 7.37. The van der Waals surface area contributed by atoms with Crippen LogP contribution >= 0.6 is 11.8 Å². The van der Waals surface area contributed by atoms with Crippen LogP contribution in [0.5, 0.6) is 5.75 Å². The first kappa shape index (κ1) is 19.7. The molecule has 4 rings (SSSR count). The Bertz CT molecular complexity index is 1060. The summed E-state index contributed by atoms with van der Waals surface area (Å²) in [6.45, 7) is 3.80. The SMILES string of the molecule is CC(COc1ccc(-n2nc3c(cc2=O)CSc2ccccc2-3)cc1)CN(C)C. The van der Waals surface area contributed by atoms with Crippen LogP contribution in [0.1, 0.15) is 12.5 Å². The average molecular weight is 408 g/mol. The Morgan fingerprint density at radius 1 is 1.17 bits per heavy atom. The molecule has 0 radical (unpaired) electrons. The van der Waals surface area contributed by atoms with Crippen molar-refractivity contribution in [3.63, 3.8) is 0 Å². The van der Waals surface area contributed by atoms with Crippen LogP contribution in [0.4, 0.5) is 0 Å². The van der Waals surface area contributed by atoms with Crippen molar-refractivity contribution in [3.05, 3.63) is 70.5 Å². The third-order valence-corrected chi connectivity index (χ3v) is 5.95. The van der Waals surface area contributed by atoms with Gasteiger partial charge in [0.05, 0.1) is 18.0 Å². The van der Waals surface area contributed by atoms with E-state index in [0.29, 0.717) is 12.5 Å². The molecule has 0 bridgehead atoms. The molecular weight excluding hydrogens is 382 g/mol. The summed E-state index contributed by atoms with van der Waals surface area (Å²) in [6.07, 6.45) is 0. The molecule has 0 N–H and O–H groups in total. The van der Waals surface area contributed by atoms with E-state index < -0.39 is 0 Å². The lowest BCUT2D eigenvalue weighted by Crippen LogP contribution is -2.24. The predicted molar refractivity (Wildman–Crippen MR) is 118 cm³/mol. The fraction of sp³-hybridized carbons (Fsp3) is 0.304. The first-order valence-corrected chi connectivity index (χ1v) is 10.7. The van der Waals surface area contributed by atoms with Crippen LogP contribution in [0.3, 0.4) is 0 Å². The van der Waals surface area contributed by atoms with Gasteiger partial charge in [-0.2, -0.15) is 9.78 Å². The normalized spacial score (nSPS) is 13.7. The highest BCUT2D eigenvalue weighted by Crippen LogP contribution is 2.39. The van der Waals surface area contributed by atoms with Crippen molar-refractivity contribution >= 4 is 11.8 Å². The number of aromatic nitrogens is 2. The molecule has 0 saturated heterocycles. The van der Waals surface area contributed by atoms with Gasteiger partial charge in [0.1, 0.15) is 5.75 Å². The second-order valence-corrected chi connectivity index (χ2v) is 8.74. The zero-order valence-corrected chi connectivity index (χ0v) is 17.8. The van der Waals surface area contributed by atoms with Crippen molar-refractivity contribution in [2.75, 3.05) is 27.2 Å². The fourth-order valence-electron chi connectivity index (χ4n) is 3.56. The highest BCUT2D eigenvalue weighted by atomic mass is 32.2. The molecule has 6 heteroatoms. The zero-order chi connectivity index (χ0) is 20.4. The molecule has 2 aromatic carbocycles. The minimum Gasteiger partial charge on any atom is -0.493 e. The maximum absolute atomic E-state index is 12.7. The first-order chi connectivity index (χ1) is 14.0. The summed E-state index contributed by atoms with van der Waals surface area (Å²) in [5, 5.41) is 4.71. The Morgan fingerprint density at radius 3 is 2.69 bits per heavy atom. The van der Waals surface area contributed by atoms with Crippen molar-refractivity contribution in [1.29, 1.82) is 0 Å². The zero-order valence-electron chi connectivity index (χ0n) is 17.0. The number of rotatable bonds is 6. The molecule has 0 spiro atoms. The van der Waals surface area contributed by atoms with Crippen molar-refractivity contribution < 1.29 is 4.74 Å². The smallest absolute Gasteiger partial charge is 0.271 e. The topological polar surface area (TPSA) is 47.4 Å². The standard InChI is InChI=1S/C23H25N3O2S/c1-16(13-25(2)3)14-28-19-10-8-18(9-11-19)26-22(27)12-17-15-29-21-7-5-4-6-20(21)23(17)24-26/h4-12,16H,13-15H2,1-3H3. The van der Waals surface area contributed by atoms with Crippen LogP contribution in [-0.4, -0.2) is 41.9 Å². The highest BCUT2D eigenvalue weighted by Gasteiger charge is 2.19. The number of thioether (sulfide) groups is 1. The van der Waals surface area contributed by atoms with Crippen molar-refractivity contribution in [1.82, 2.24) is 14.7 Å². The second kappa shape index (κ2) is 8.43. The Labute approximate surface area is 175 Å². The second-order valence-electron chi connectivity index (χ2n) is 7.73. The molecule has 29 heavy (non-hydrogen) atoms. The minimum absolute atomic E-state index is 0.114. The summed E-state index contributed by atoms with van der Waals surface area (Å²) in [4.78, 5) is 16.0. The van der Waals surface area contributed by atoms with E-state index in [1.54, 1.807) is 17.8 Å². The van der Waals surface area contributed by atoms with Crippen molar-refractivity contribution in [2.24, 2.45) is 5.92 Å². The molecular formula is C23H25N3O2S. The quantitative estimate of drug-likeness (QED) is 0.616. The first-order valence-electron chi connectivity index (χ1n) is 9.74. The number of benzene rings is 2. The van der Waals surface area contributed by atoms with E-state index in [4.69, 9.17) is 9.84 Å². The summed E-state index contributed by atoms with van der Waals surface area (Å²) >= 11 is 1.75. The molecule has 2 heterocycles. The summed E-state index contributed by atoms with van der Waals surface area (Å²) in [5.74, 6) is 2.01. The molecule has 5 nitrogen and oxygen atoms in total. The number of hydrogen-bond donors (Lipinski definition) is 0. The number of hydrogen-bond acceptors (Lipinski definition) is 5. The lowest BCUT2D eigenvalue weighted by molar-refractivity contribution is 0.222. The van der Waals surface area contributed by atoms with Crippen molar-refractivity contribution in [2.45, 2.75) is 17.6 Å². The van der Waals surface area contributed by atoms with Gasteiger partial charge in [0, 0.05) is 34.7 Å². The molecule has 1 aliphatic rings. The summed E-state index contributed by atoms with van der Waals surface area (Å²) in [5.41, 5.74) is 3.59. The molecule has 1 atom stereocenters. The van der Waals surface area contributed by atoms with Gasteiger partial charge in [0.15, 0.2) is 0 Å². The summed E-state index contributed by atoms with van der Waals surface area (Å²) in [6, 6.07) is 17.5. The molecule has 0 aliphatic carbocycles. The maximum atomic E-state index is 12.7. The molecule has 1 aliphatic heterocycles. The van der Waals surface area contributed by atoms with Crippen LogP contribution < -0.4 is 10.3 Å². The minimum atomic E-state index is -0.114. The van der Waals surface area contributed by atoms with Crippen LogP contribution in [-0.2, 0) is 5.75 Å². The van der Waals surface area contributed by atoms with Gasteiger partial charge in [-0.05, 0) is 50.0 Å². The lowest BCUT2D eigenvalue weighted by Gasteiger charge is -2.19. The van der Waals surface area contributed by atoms with Gasteiger partial charge in [-0.1, -0.05) is 25.1 Å². The Kier molecular flexibility index (Phi) is 5.74. The monoisotopic (exact) mass is 407 g/mol. The average Bonchev–Trinajstić information content (AvgIpc) is 2.71. The molecule has 0 amide bonds. The number of nitrogens with zero attached hydrogens (tertiary/aromatic N) is 3. The van der Waals surface area contributed by atoms with E-state index in [1.807, 2.05) is 36.4 Å². The Morgan fingerprint density at radius 2 is 1.93 bits per heavy atom. The van der Waals surface area contributed by atoms with Crippen LogP contribution in [0, 0.1) is 5.92 Å². The molecule has 1 unspecified atom stereocenters. The third kappa shape index (κ3) is 4.38. The predicted octanol–water partition coefficient (Wildman–Crippen LogP) is 4.08. The molecule has 3 aromatic rings. The van der Waals surface area contributed by atoms with Gasteiger partial charge in [-0.3, -0.25) is 4.79 Å². The molecule has 0 saturated carbocycles. The lowest BCUT2D eigenvalue weighted by atomic mass is 10.1. The van der Waals surface area contributed by atoms with Crippen LogP contribution in [0.2, 0.25) is 0 Å². The van der Waals surface area contributed by atoms with Gasteiger partial charge in [-0.15, -0.1) is 11.8 Å². The Balaban J connectivity index is 1.57. The van der Waals surface area contributed by atoms with E-state index in [0.717, 1.165) is 40.6 Å².